The average molecular weight is 226 g/mol. The zero-order valence-corrected chi connectivity index (χ0v) is 10.3. The van der Waals surface area contributed by atoms with E-state index in [1.165, 1.54) is 51.6 Å². The van der Waals surface area contributed by atoms with Crippen LogP contribution in [0, 0.1) is 5.41 Å². The minimum atomic E-state index is 0.346. The molecule has 0 aromatic heterocycles. The van der Waals surface area contributed by atoms with Crippen molar-refractivity contribution in [1.82, 2.24) is 4.90 Å². The second-order valence-corrected chi connectivity index (χ2v) is 5.67. The van der Waals surface area contributed by atoms with E-state index in [1.807, 2.05) is 0 Å². The quantitative estimate of drug-likeness (QED) is 0.689. The van der Waals surface area contributed by atoms with Crippen LogP contribution in [0.5, 0.6) is 0 Å². The molecule has 1 atom stereocenters. The van der Waals surface area contributed by atoms with Crippen LogP contribution in [0.3, 0.4) is 0 Å². The van der Waals surface area contributed by atoms with Crippen LogP contribution in [0.2, 0.25) is 0 Å². The van der Waals surface area contributed by atoms with Crippen molar-refractivity contribution < 1.29 is 5.11 Å². The number of likely N-dealkylation sites (tertiary alicyclic amines) is 1. The molecule has 1 saturated carbocycles. The van der Waals surface area contributed by atoms with E-state index in [0.29, 0.717) is 12.0 Å². The summed E-state index contributed by atoms with van der Waals surface area (Å²) in [5, 5.41) is 8.91. The monoisotopic (exact) mass is 226 g/mol. The Morgan fingerprint density at radius 2 is 2.19 bits per heavy atom. The number of nitrogens with zero attached hydrogens (tertiary/aromatic N) is 1. The van der Waals surface area contributed by atoms with Gasteiger partial charge in [-0.1, -0.05) is 0 Å². The maximum absolute atomic E-state index is 8.91. The van der Waals surface area contributed by atoms with Crippen LogP contribution in [-0.2, 0) is 0 Å². The number of hydrogen-bond acceptors (Lipinski definition) is 3. The molecule has 0 amide bonds. The molecule has 0 bridgehead atoms. The van der Waals surface area contributed by atoms with Gasteiger partial charge in [0.15, 0.2) is 0 Å². The van der Waals surface area contributed by atoms with E-state index in [-0.39, 0.29) is 0 Å². The van der Waals surface area contributed by atoms with E-state index in [0.717, 1.165) is 19.0 Å². The highest BCUT2D eigenvalue weighted by molar-refractivity contribution is 4.97. The Balaban J connectivity index is 1.79. The fourth-order valence-electron chi connectivity index (χ4n) is 3.16. The lowest BCUT2D eigenvalue weighted by molar-refractivity contribution is 0.179. The van der Waals surface area contributed by atoms with Crippen molar-refractivity contribution in [1.29, 1.82) is 0 Å². The first kappa shape index (κ1) is 12.3. The van der Waals surface area contributed by atoms with Crippen molar-refractivity contribution in [2.75, 3.05) is 26.2 Å². The normalized spacial score (nSPS) is 28.5. The van der Waals surface area contributed by atoms with E-state index < -0.39 is 0 Å². The lowest BCUT2D eigenvalue weighted by Gasteiger charge is -2.28. The lowest BCUT2D eigenvalue weighted by Crippen LogP contribution is -2.35. The van der Waals surface area contributed by atoms with Crippen LogP contribution in [0.25, 0.3) is 0 Å². The summed E-state index contributed by atoms with van der Waals surface area (Å²) in [4.78, 5) is 2.66. The highest BCUT2D eigenvalue weighted by Crippen LogP contribution is 2.49. The largest absolute Gasteiger partial charge is 0.396 e. The van der Waals surface area contributed by atoms with Crippen molar-refractivity contribution in [3.63, 3.8) is 0 Å². The minimum absolute atomic E-state index is 0.346. The fraction of sp³-hybridized carbons (Fsp3) is 1.00. The van der Waals surface area contributed by atoms with Gasteiger partial charge in [-0.15, -0.1) is 0 Å². The maximum atomic E-state index is 8.91. The molecule has 3 heteroatoms. The zero-order chi connectivity index (χ0) is 11.4. The van der Waals surface area contributed by atoms with Crippen molar-refractivity contribution in [3.8, 4) is 0 Å². The Kier molecular flexibility index (Phi) is 4.22. The number of hydrogen-bond donors (Lipinski definition) is 2. The fourth-order valence-corrected chi connectivity index (χ4v) is 3.16. The van der Waals surface area contributed by atoms with Gasteiger partial charge >= 0.3 is 0 Å². The summed E-state index contributed by atoms with van der Waals surface area (Å²) in [6, 6.07) is 0.738. The number of rotatable bonds is 7. The van der Waals surface area contributed by atoms with E-state index in [2.05, 4.69) is 4.90 Å². The molecule has 0 aromatic carbocycles. The molecule has 1 aliphatic carbocycles. The first-order valence-electron chi connectivity index (χ1n) is 6.85. The third-order valence-corrected chi connectivity index (χ3v) is 4.36. The molecule has 16 heavy (non-hydrogen) atoms. The van der Waals surface area contributed by atoms with Gasteiger partial charge < -0.3 is 10.8 Å². The third kappa shape index (κ3) is 2.96. The molecular weight excluding hydrogens is 200 g/mol. The molecule has 2 rings (SSSR count). The predicted octanol–water partition coefficient (Wildman–Crippen LogP) is 1.35. The van der Waals surface area contributed by atoms with Gasteiger partial charge in [-0.2, -0.15) is 0 Å². The van der Waals surface area contributed by atoms with Crippen LogP contribution in [0.4, 0.5) is 0 Å². The summed E-state index contributed by atoms with van der Waals surface area (Å²) in [6.07, 6.45) is 8.78. The Morgan fingerprint density at radius 3 is 2.81 bits per heavy atom. The zero-order valence-electron chi connectivity index (χ0n) is 10.3. The summed E-state index contributed by atoms with van der Waals surface area (Å²) in [6.45, 7) is 3.72. The SMILES string of the molecule is NCCC1(CN2CCCC2CCCO)CC1. The highest BCUT2D eigenvalue weighted by atomic mass is 16.2. The molecule has 3 nitrogen and oxygen atoms in total. The molecule has 0 aromatic rings. The summed E-state index contributed by atoms with van der Waals surface area (Å²) < 4.78 is 0. The Hall–Kier alpha value is -0.120. The van der Waals surface area contributed by atoms with E-state index in [4.69, 9.17) is 10.8 Å². The highest BCUT2D eigenvalue weighted by Gasteiger charge is 2.44. The molecule has 1 heterocycles. The molecule has 0 radical (unpaired) electrons. The van der Waals surface area contributed by atoms with Gasteiger partial charge in [0, 0.05) is 19.2 Å². The summed E-state index contributed by atoms with van der Waals surface area (Å²) in [5.74, 6) is 0. The van der Waals surface area contributed by atoms with E-state index in [9.17, 15) is 0 Å². The average Bonchev–Trinajstić information content (AvgIpc) is 2.89. The Bertz CT molecular complexity index is 216. The van der Waals surface area contributed by atoms with Crippen molar-refractivity contribution in [2.45, 2.75) is 51.0 Å². The first-order valence-corrected chi connectivity index (χ1v) is 6.85. The minimum Gasteiger partial charge on any atom is -0.396 e. The Labute approximate surface area is 99.0 Å². The maximum Gasteiger partial charge on any atom is 0.0431 e. The molecule has 2 fully saturated rings. The number of aliphatic hydroxyl groups is 1. The molecule has 1 aliphatic heterocycles. The van der Waals surface area contributed by atoms with Gasteiger partial charge in [0.25, 0.3) is 0 Å². The van der Waals surface area contributed by atoms with Gasteiger partial charge in [0.1, 0.15) is 0 Å². The molecule has 94 valence electrons. The molecule has 2 aliphatic rings. The lowest BCUT2D eigenvalue weighted by atomic mass is 10.0. The van der Waals surface area contributed by atoms with Crippen molar-refractivity contribution >= 4 is 0 Å². The standard InChI is InChI=1S/C13H26N2O/c14-8-7-13(5-6-13)11-15-9-1-3-12(15)4-2-10-16/h12,16H,1-11,14H2. The molecule has 1 saturated heterocycles. The molecule has 3 N–H and O–H groups in total. The van der Waals surface area contributed by atoms with Gasteiger partial charge in [-0.25, -0.2) is 0 Å². The number of nitrogens with two attached hydrogens (primary N) is 1. The van der Waals surface area contributed by atoms with E-state index >= 15 is 0 Å². The van der Waals surface area contributed by atoms with Gasteiger partial charge in [-0.05, 0) is 63.5 Å². The summed E-state index contributed by atoms with van der Waals surface area (Å²) in [7, 11) is 0. The van der Waals surface area contributed by atoms with Crippen LogP contribution >= 0.6 is 0 Å². The van der Waals surface area contributed by atoms with Crippen molar-refractivity contribution in [2.24, 2.45) is 11.1 Å². The summed E-state index contributed by atoms with van der Waals surface area (Å²) in [5.41, 5.74) is 6.27. The van der Waals surface area contributed by atoms with Crippen LogP contribution in [0.15, 0.2) is 0 Å². The Morgan fingerprint density at radius 1 is 1.38 bits per heavy atom. The summed E-state index contributed by atoms with van der Waals surface area (Å²) >= 11 is 0. The third-order valence-electron chi connectivity index (χ3n) is 4.36. The molecule has 0 spiro atoms. The molecular formula is C13H26N2O. The van der Waals surface area contributed by atoms with Crippen LogP contribution in [0.1, 0.15) is 44.9 Å². The second kappa shape index (κ2) is 5.48. The van der Waals surface area contributed by atoms with Crippen molar-refractivity contribution in [3.05, 3.63) is 0 Å². The van der Waals surface area contributed by atoms with Crippen LogP contribution < -0.4 is 5.73 Å². The smallest absolute Gasteiger partial charge is 0.0431 e. The van der Waals surface area contributed by atoms with Crippen LogP contribution in [-0.4, -0.2) is 42.3 Å². The van der Waals surface area contributed by atoms with Gasteiger partial charge in [0.05, 0.1) is 0 Å². The second-order valence-electron chi connectivity index (χ2n) is 5.67. The van der Waals surface area contributed by atoms with Gasteiger partial charge in [0.2, 0.25) is 0 Å². The predicted molar refractivity (Wildman–Crippen MR) is 66.3 cm³/mol. The number of aliphatic hydroxyl groups excluding tert-OH is 1. The first-order chi connectivity index (χ1) is 7.79. The van der Waals surface area contributed by atoms with Gasteiger partial charge in [-0.3, -0.25) is 4.90 Å². The molecule has 1 unspecified atom stereocenters. The topological polar surface area (TPSA) is 49.5 Å². The van der Waals surface area contributed by atoms with E-state index in [1.54, 1.807) is 0 Å².